The number of halogens is 2. The van der Waals surface area contributed by atoms with Crippen LogP contribution in [-0.2, 0) is 9.22 Å². The number of rotatable bonds is 6. The third-order valence-corrected chi connectivity index (χ3v) is 11.9. The van der Waals surface area contributed by atoms with Crippen molar-refractivity contribution >= 4 is 37.3 Å². The summed E-state index contributed by atoms with van der Waals surface area (Å²) in [7, 11) is -1.73. The predicted molar refractivity (Wildman–Crippen MR) is 101 cm³/mol. The van der Waals surface area contributed by atoms with Gasteiger partial charge in [-0.15, -0.1) is 0 Å². The van der Waals surface area contributed by atoms with Crippen LogP contribution in [-0.4, -0.2) is 24.5 Å². The summed E-state index contributed by atoms with van der Waals surface area (Å²) in [6.07, 6.45) is 5.52. The largest absolute Gasteiger partial charge is 0.414 e. The lowest BCUT2D eigenvalue weighted by atomic mass is 9.69. The van der Waals surface area contributed by atoms with Gasteiger partial charge < -0.3 is 4.43 Å². The summed E-state index contributed by atoms with van der Waals surface area (Å²) in [6.45, 7) is 13.7. The number of fused-ring (bicyclic) bond motifs is 1. The lowest BCUT2D eigenvalue weighted by Crippen LogP contribution is -2.55. The van der Waals surface area contributed by atoms with E-state index < -0.39 is 12.7 Å². The van der Waals surface area contributed by atoms with Crippen molar-refractivity contribution < 1.29 is 9.22 Å². The van der Waals surface area contributed by atoms with E-state index in [0.717, 1.165) is 32.1 Å². The van der Waals surface area contributed by atoms with E-state index in [1.807, 2.05) is 0 Å². The molecule has 2 fully saturated rings. The quantitative estimate of drug-likeness (QED) is 0.420. The summed E-state index contributed by atoms with van der Waals surface area (Å²) < 4.78 is 5.47. The second-order valence-corrected chi connectivity index (χ2v) is 15.1. The van der Waals surface area contributed by atoms with E-state index in [2.05, 4.69) is 40.8 Å². The topological polar surface area (TPSA) is 26.3 Å². The van der Waals surface area contributed by atoms with Gasteiger partial charge in [-0.3, -0.25) is 4.79 Å². The molecule has 134 valence electrons. The van der Waals surface area contributed by atoms with E-state index in [1.54, 1.807) is 0 Å². The Kier molecular flexibility index (Phi) is 5.69. The predicted octanol–water partition coefficient (Wildman–Crippen LogP) is 5.97. The average molecular weight is 379 g/mol. The number of alkyl halides is 2. The Hall–Kier alpha value is 0.427. The highest BCUT2D eigenvalue weighted by Gasteiger charge is 2.64. The van der Waals surface area contributed by atoms with Crippen LogP contribution in [0.1, 0.15) is 59.8 Å². The van der Waals surface area contributed by atoms with Gasteiger partial charge in [0, 0.05) is 17.9 Å². The molecule has 5 heteroatoms. The summed E-state index contributed by atoms with van der Waals surface area (Å²) >= 11 is 12.3. The van der Waals surface area contributed by atoms with Crippen molar-refractivity contribution in [2.75, 3.05) is 0 Å². The number of carbonyl (C=O) groups is 1. The molecular weight excluding hydrogens is 347 g/mol. The van der Waals surface area contributed by atoms with Gasteiger partial charge in [0.1, 0.15) is 0 Å². The molecule has 2 saturated carbocycles. The molecule has 2 rings (SSSR count). The van der Waals surface area contributed by atoms with Crippen molar-refractivity contribution in [1.82, 2.24) is 0 Å². The molecule has 4 unspecified atom stereocenters. The fraction of sp³-hybridized carbons (Fsp3) is 0.944. The van der Waals surface area contributed by atoms with E-state index in [1.165, 1.54) is 0 Å². The van der Waals surface area contributed by atoms with E-state index >= 15 is 0 Å². The first-order valence-electron chi connectivity index (χ1n) is 9.01. The summed E-state index contributed by atoms with van der Waals surface area (Å²) in [4.78, 5) is 12.2. The Bertz CT molecular complexity index is 456. The first kappa shape index (κ1) is 19.7. The molecule has 0 spiro atoms. The van der Waals surface area contributed by atoms with Gasteiger partial charge in [-0.25, -0.2) is 0 Å². The maximum Gasteiger partial charge on any atom is 0.192 e. The van der Waals surface area contributed by atoms with Crippen molar-refractivity contribution in [3.63, 3.8) is 0 Å². The Morgan fingerprint density at radius 3 is 2.43 bits per heavy atom. The van der Waals surface area contributed by atoms with Crippen molar-refractivity contribution in [2.45, 2.75) is 88.4 Å². The van der Waals surface area contributed by atoms with Crippen molar-refractivity contribution in [3.05, 3.63) is 0 Å². The number of hydrogen-bond acceptors (Lipinski definition) is 2. The molecule has 0 heterocycles. The van der Waals surface area contributed by atoms with Crippen molar-refractivity contribution in [3.8, 4) is 0 Å². The standard InChI is InChI=1S/C18H32Cl2O2Si/c1-7-13(22-23(5,6)17(2,3)4)10-8-12-9-11-14-15(12)16(21)18(14,19)20/h12-15H,7-11H2,1-6H3. The van der Waals surface area contributed by atoms with Crippen LogP contribution in [0.15, 0.2) is 0 Å². The second-order valence-electron chi connectivity index (χ2n) is 8.94. The second kappa shape index (κ2) is 6.62. The molecule has 0 saturated heterocycles. The fourth-order valence-electron chi connectivity index (χ4n) is 3.86. The molecule has 0 bridgehead atoms. The molecule has 2 aliphatic rings. The molecular formula is C18H32Cl2O2Si. The molecule has 0 aromatic heterocycles. The molecule has 0 N–H and O–H groups in total. The molecule has 23 heavy (non-hydrogen) atoms. The average Bonchev–Trinajstić information content (AvgIpc) is 2.83. The zero-order valence-corrected chi connectivity index (χ0v) is 17.9. The third kappa shape index (κ3) is 3.68. The van der Waals surface area contributed by atoms with Gasteiger partial charge in [-0.2, -0.15) is 0 Å². The van der Waals surface area contributed by atoms with Gasteiger partial charge in [-0.05, 0) is 56.2 Å². The summed E-state index contributed by atoms with van der Waals surface area (Å²) in [5.41, 5.74) is 0. The Labute approximate surface area is 152 Å². The molecule has 0 amide bonds. The molecule has 0 aromatic rings. The van der Waals surface area contributed by atoms with Crippen LogP contribution in [0.3, 0.4) is 0 Å². The molecule has 2 nitrogen and oxygen atoms in total. The highest BCUT2D eigenvalue weighted by atomic mass is 35.5. The lowest BCUT2D eigenvalue weighted by Gasteiger charge is -2.44. The van der Waals surface area contributed by atoms with Crippen LogP contribution < -0.4 is 0 Å². The Morgan fingerprint density at radius 1 is 1.30 bits per heavy atom. The van der Waals surface area contributed by atoms with Crippen molar-refractivity contribution in [2.24, 2.45) is 17.8 Å². The van der Waals surface area contributed by atoms with E-state index in [4.69, 9.17) is 27.6 Å². The molecule has 4 atom stereocenters. The number of carbonyl (C=O) groups excluding carboxylic acids is 1. The van der Waals surface area contributed by atoms with Crippen LogP contribution in [0.25, 0.3) is 0 Å². The van der Waals surface area contributed by atoms with Crippen LogP contribution in [0.4, 0.5) is 0 Å². The summed E-state index contributed by atoms with van der Waals surface area (Å²) in [6, 6.07) is 0. The zero-order valence-electron chi connectivity index (χ0n) is 15.4. The van der Waals surface area contributed by atoms with Crippen molar-refractivity contribution in [1.29, 1.82) is 0 Å². The van der Waals surface area contributed by atoms with Gasteiger partial charge in [0.15, 0.2) is 18.4 Å². The summed E-state index contributed by atoms with van der Waals surface area (Å²) in [5.74, 6) is 0.807. The lowest BCUT2D eigenvalue weighted by molar-refractivity contribution is -0.135. The highest BCUT2D eigenvalue weighted by molar-refractivity contribution is 6.74. The molecule has 0 aromatic carbocycles. The minimum Gasteiger partial charge on any atom is -0.414 e. The molecule has 2 aliphatic carbocycles. The number of ketones is 1. The minimum atomic E-state index is -1.73. The molecule has 0 radical (unpaired) electrons. The Balaban J connectivity index is 1.89. The summed E-state index contributed by atoms with van der Waals surface area (Å²) in [5, 5.41) is 0.236. The fourth-order valence-corrected chi connectivity index (χ4v) is 6.07. The molecule has 0 aliphatic heterocycles. The van der Waals surface area contributed by atoms with Gasteiger partial charge in [0.25, 0.3) is 0 Å². The van der Waals surface area contributed by atoms with Gasteiger partial charge in [0.05, 0.1) is 0 Å². The zero-order chi connectivity index (χ0) is 17.6. The van der Waals surface area contributed by atoms with Gasteiger partial charge in [-0.1, -0.05) is 50.9 Å². The van der Waals surface area contributed by atoms with Gasteiger partial charge in [0.2, 0.25) is 0 Å². The van der Waals surface area contributed by atoms with Crippen LogP contribution in [0, 0.1) is 17.8 Å². The van der Waals surface area contributed by atoms with Crippen LogP contribution in [0.2, 0.25) is 18.1 Å². The smallest absolute Gasteiger partial charge is 0.192 e. The first-order chi connectivity index (χ1) is 10.4. The van der Waals surface area contributed by atoms with E-state index in [9.17, 15) is 4.79 Å². The Morgan fingerprint density at radius 2 is 1.91 bits per heavy atom. The number of Topliss-reactive ketones (excluding diaryl/α,β-unsaturated/α-hetero) is 1. The van der Waals surface area contributed by atoms with E-state index in [-0.39, 0.29) is 22.7 Å². The number of hydrogen-bond donors (Lipinski definition) is 0. The van der Waals surface area contributed by atoms with Gasteiger partial charge >= 0.3 is 0 Å². The minimum absolute atomic E-state index is 0.0618. The van der Waals surface area contributed by atoms with E-state index in [0.29, 0.717) is 12.0 Å². The maximum atomic E-state index is 12.2. The monoisotopic (exact) mass is 378 g/mol. The SMILES string of the molecule is CCC(CCC1CCC2C1C(=O)C2(Cl)Cl)O[Si](C)(C)C(C)(C)C. The van der Waals surface area contributed by atoms with Crippen LogP contribution >= 0.6 is 23.2 Å². The first-order valence-corrected chi connectivity index (χ1v) is 12.7. The third-order valence-electron chi connectivity index (χ3n) is 6.47. The normalized spacial score (nSPS) is 31.7. The highest BCUT2D eigenvalue weighted by Crippen LogP contribution is 2.59. The van der Waals surface area contributed by atoms with Crippen LogP contribution in [0.5, 0.6) is 0 Å². The maximum absolute atomic E-state index is 12.2.